The number of nitrogens with zero attached hydrogens (tertiary/aromatic N) is 1. The summed E-state index contributed by atoms with van der Waals surface area (Å²) >= 11 is 0. The van der Waals surface area contributed by atoms with Crippen LogP contribution < -0.4 is 0 Å². The van der Waals surface area contributed by atoms with Crippen molar-refractivity contribution in [2.75, 3.05) is 13.1 Å². The minimum absolute atomic E-state index is 0.00368. The van der Waals surface area contributed by atoms with Crippen molar-refractivity contribution in [1.82, 2.24) is 4.31 Å². The number of aryl methyl sites for hydroxylation is 1. The maximum atomic E-state index is 13.7. The van der Waals surface area contributed by atoms with Crippen LogP contribution in [0, 0.1) is 12.7 Å². The van der Waals surface area contributed by atoms with Gasteiger partial charge in [0.15, 0.2) is 0 Å². The van der Waals surface area contributed by atoms with Crippen LogP contribution in [0.3, 0.4) is 0 Å². The molecular weight excluding hydrogens is 285 g/mol. The van der Waals surface area contributed by atoms with E-state index in [4.69, 9.17) is 5.11 Å². The lowest BCUT2D eigenvalue weighted by Gasteiger charge is -2.23. The lowest BCUT2D eigenvalue weighted by atomic mass is 10.1. The number of halogens is 1. The molecule has 1 aromatic carbocycles. The average Bonchev–Trinajstić information content (AvgIpc) is 2.42. The Labute approximate surface area is 116 Å². The minimum Gasteiger partial charge on any atom is -0.478 e. The molecule has 0 bridgehead atoms. The van der Waals surface area contributed by atoms with Crippen LogP contribution >= 0.6 is 0 Å². The van der Waals surface area contributed by atoms with E-state index in [2.05, 4.69) is 0 Å². The standard InChI is InChI=1S/C13H14FNO4S/c1-9-7-10(8-11(12(9)14)13(16)17)20(18,19)15-5-3-2-4-6-15/h2-3,7-8H,4-6H2,1H3,(H,16,17). The monoisotopic (exact) mass is 299 g/mol. The van der Waals surface area contributed by atoms with Gasteiger partial charge in [0.05, 0.1) is 10.5 Å². The van der Waals surface area contributed by atoms with Crippen LogP contribution in [0.1, 0.15) is 22.3 Å². The number of carbonyl (C=O) groups is 1. The third kappa shape index (κ3) is 2.59. The first kappa shape index (κ1) is 14.7. The average molecular weight is 299 g/mol. The number of hydrogen-bond donors (Lipinski definition) is 1. The van der Waals surface area contributed by atoms with Gasteiger partial charge >= 0.3 is 5.97 Å². The molecule has 0 spiro atoms. The fourth-order valence-corrected chi connectivity index (χ4v) is 3.55. The van der Waals surface area contributed by atoms with Gasteiger partial charge in [0.25, 0.3) is 0 Å². The van der Waals surface area contributed by atoms with Gasteiger partial charge in [-0.25, -0.2) is 17.6 Å². The van der Waals surface area contributed by atoms with E-state index in [1.807, 2.05) is 6.08 Å². The second-order valence-corrected chi connectivity index (χ2v) is 6.47. The highest BCUT2D eigenvalue weighted by Crippen LogP contribution is 2.23. The van der Waals surface area contributed by atoms with Crippen molar-refractivity contribution in [3.63, 3.8) is 0 Å². The minimum atomic E-state index is -3.81. The fourth-order valence-electron chi connectivity index (χ4n) is 2.03. The zero-order valence-electron chi connectivity index (χ0n) is 10.8. The zero-order chi connectivity index (χ0) is 14.9. The number of aromatic carboxylic acids is 1. The Bertz CT molecular complexity index is 682. The molecule has 0 saturated heterocycles. The summed E-state index contributed by atoms with van der Waals surface area (Å²) in [5.41, 5.74) is -0.632. The molecule has 108 valence electrons. The molecule has 0 radical (unpaired) electrons. The van der Waals surface area contributed by atoms with Crippen molar-refractivity contribution in [2.24, 2.45) is 0 Å². The van der Waals surface area contributed by atoms with Gasteiger partial charge in [-0.15, -0.1) is 0 Å². The van der Waals surface area contributed by atoms with Gasteiger partial charge in [0.2, 0.25) is 10.0 Å². The highest BCUT2D eigenvalue weighted by molar-refractivity contribution is 7.89. The van der Waals surface area contributed by atoms with Crippen LogP contribution in [-0.2, 0) is 10.0 Å². The summed E-state index contributed by atoms with van der Waals surface area (Å²) in [4.78, 5) is 10.8. The van der Waals surface area contributed by atoms with E-state index in [0.717, 1.165) is 12.1 Å². The second-order valence-electron chi connectivity index (χ2n) is 4.53. The van der Waals surface area contributed by atoms with Crippen LogP contribution in [-0.4, -0.2) is 36.9 Å². The predicted molar refractivity (Wildman–Crippen MR) is 70.6 cm³/mol. The Morgan fingerprint density at radius 3 is 2.60 bits per heavy atom. The van der Waals surface area contributed by atoms with Crippen molar-refractivity contribution < 1.29 is 22.7 Å². The van der Waals surface area contributed by atoms with E-state index in [0.29, 0.717) is 13.0 Å². The molecule has 1 aliphatic heterocycles. The van der Waals surface area contributed by atoms with Crippen molar-refractivity contribution >= 4 is 16.0 Å². The smallest absolute Gasteiger partial charge is 0.338 e. The lowest BCUT2D eigenvalue weighted by Crippen LogP contribution is -2.34. The van der Waals surface area contributed by atoms with Crippen LogP contribution in [0.5, 0.6) is 0 Å². The molecule has 0 aromatic heterocycles. The highest BCUT2D eigenvalue weighted by Gasteiger charge is 2.27. The summed E-state index contributed by atoms with van der Waals surface area (Å²) in [7, 11) is -3.81. The lowest BCUT2D eigenvalue weighted by molar-refractivity contribution is 0.0691. The second kappa shape index (κ2) is 5.34. The Balaban J connectivity index is 2.52. The molecule has 1 N–H and O–H groups in total. The molecule has 5 nitrogen and oxygen atoms in total. The molecule has 0 atom stereocenters. The van der Waals surface area contributed by atoms with Gasteiger partial charge in [-0.3, -0.25) is 0 Å². The molecule has 0 saturated carbocycles. The summed E-state index contributed by atoms with van der Waals surface area (Å²) in [6, 6.07) is 2.04. The molecule has 0 unspecified atom stereocenters. The maximum Gasteiger partial charge on any atom is 0.338 e. The predicted octanol–water partition coefficient (Wildman–Crippen LogP) is 1.78. The first-order valence-corrected chi connectivity index (χ1v) is 7.46. The Hall–Kier alpha value is -1.73. The van der Waals surface area contributed by atoms with Crippen molar-refractivity contribution in [3.05, 3.63) is 41.2 Å². The first-order chi connectivity index (χ1) is 9.34. The van der Waals surface area contributed by atoms with Crippen LogP contribution in [0.4, 0.5) is 4.39 Å². The van der Waals surface area contributed by atoms with Gasteiger partial charge in [-0.1, -0.05) is 12.2 Å². The number of carboxylic acid groups (broad SMARTS) is 1. The Morgan fingerprint density at radius 1 is 1.35 bits per heavy atom. The number of rotatable bonds is 3. The molecule has 7 heteroatoms. The molecular formula is C13H14FNO4S. The van der Waals surface area contributed by atoms with E-state index in [1.54, 1.807) is 6.08 Å². The molecule has 1 aromatic rings. The molecule has 0 fully saturated rings. The van der Waals surface area contributed by atoms with E-state index in [-0.39, 0.29) is 17.0 Å². The molecule has 0 aliphatic carbocycles. The zero-order valence-corrected chi connectivity index (χ0v) is 11.7. The van der Waals surface area contributed by atoms with Crippen molar-refractivity contribution in [3.8, 4) is 0 Å². The normalized spacial score (nSPS) is 16.3. The summed E-state index contributed by atoms with van der Waals surface area (Å²) in [5.74, 6) is -2.39. The van der Waals surface area contributed by atoms with E-state index in [1.165, 1.54) is 11.2 Å². The van der Waals surface area contributed by atoms with Gasteiger partial charge in [-0.2, -0.15) is 4.31 Å². The van der Waals surface area contributed by atoms with Crippen LogP contribution in [0.25, 0.3) is 0 Å². The Kier molecular flexibility index (Phi) is 3.92. The van der Waals surface area contributed by atoms with Crippen molar-refractivity contribution in [2.45, 2.75) is 18.2 Å². The summed E-state index contributed by atoms with van der Waals surface area (Å²) in [6.07, 6.45) is 4.21. The molecule has 20 heavy (non-hydrogen) atoms. The molecule has 0 amide bonds. The number of benzene rings is 1. The van der Waals surface area contributed by atoms with Gasteiger partial charge in [0.1, 0.15) is 5.82 Å². The summed E-state index contributed by atoms with van der Waals surface area (Å²) < 4.78 is 39.7. The largest absolute Gasteiger partial charge is 0.478 e. The van der Waals surface area contributed by atoms with Crippen LogP contribution in [0.15, 0.2) is 29.2 Å². The SMILES string of the molecule is Cc1cc(S(=O)(=O)N2CC=CCC2)cc(C(=O)O)c1F. The van der Waals surface area contributed by atoms with Gasteiger partial charge in [-0.05, 0) is 31.0 Å². The van der Waals surface area contributed by atoms with E-state index >= 15 is 0 Å². The van der Waals surface area contributed by atoms with Crippen LogP contribution in [0.2, 0.25) is 0 Å². The van der Waals surface area contributed by atoms with E-state index < -0.39 is 27.4 Å². The third-order valence-electron chi connectivity index (χ3n) is 3.12. The first-order valence-electron chi connectivity index (χ1n) is 6.02. The molecule has 2 rings (SSSR count). The topological polar surface area (TPSA) is 74.7 Å². The van der Waals surface area contributed by atoms with Crippen molar-refractivity contribution in [1.29, 1.82) is 0 Å². The summed E-state index contributed by atoms with van der Waals surface area (Å²) in [5, 5.41) is 8.93. The Morgan fingerprint density at radius 2 is 2.05 bits per heavy atom. The number of carboxylic acids is 1. The number of sulfonamides is 1. The molecule has 1 heterocycles. The third-order valence-corrected chi connectivity index (χ3v) is 4.96. The maximum absolute atomic E-state index is 13.7. The fraction of sp³-hybridized carbons (Fsp3) is 0.308. The highest BCUT2D eigenvalue weighted by atomic mass is 32.2. The molecule has 1 aliphatic rings. The number of hydrogen-bond acceptors (Lipinski definition) is 3. The van der Waals surface area contributed by atoms with Gasteiger partial charge < -0.3 is 5.11 Å². The van der Waals surface area contributed by atoms with E-state index in [9.17, 15) is 17.6 Å². The summed E-state index contributed by atoms with van der Waals surface area (Å²) in [6.45, 7) is 1.91. The quantitative estimate of drug-likeness (QED) is 0.863. The van der Waals surface area contributed by atoms with Gasteiger partial charge in [0, 0.05) is 13.1 Å².